The molecule has 0 bridgehead atoms. The largest absolute Gasteiger partial charge is 0.481 e. The van der Waals surface area contributed by atoms with Crippen LogP contribution in [0.25, 0.3) is 0 Å². The third kappa shape index (κ3) is 3.06. The van der Waals surface area contributed by atoms with Crippen LogP contribution in [0.1, 0.15) is 6.92 Å². The molecule has 0 amide bonds. The first-order valence-corrected chi connectivity index (χ1v) is 5.03. The summed E-state index contributed by atoms with van der Waals surface area (Å²) in [5, 5.41) is 8.00. The Morgan fingerprint density at radius 3 is 2.53 bits per heavy atom. The zero-order valence-corrected chi connectivity index (χ0v) is 8.75. The first-order chi connectivity index (χ1) is 7.02. The number of carboxylic acid groups (broad SMARTS) is 1. The molecule has 1 unspecified atom stereocenters. The van der Waals surface area contributed by atoms with Gasteiger partial charge in [0.05, 0.1) is 4.90 Å². The summed E-state index contributed by atoms with van der Waals surface area (Å²) >= 11 is 0.612. The Morgan fingerprint density at radius 2 is 2.00 bits per heavy atom. The number of thioether (sulfide) groups is 1. The molecule has 3 nitrogen and oxygen atoms in total. The van der Waals surface area contributed by atoms with E-state index in [1.807, 2.05) is 0 Å². The maximum absolute atomic E-state index is 13.1. The van der Waals surface area contributed by atoms with Crippen LogP contribution in [0.4, 0.5) is 4.39 Å². The maximum Gasteiger partial charge on any atom is 0.314 e. The standard InChI is InChI=1S/C10H9FO3S/c1-6(9(12)13)10(14)15-8-5-3-2-4-7(8)11/h2-6H,1H3,(H,12,13). The van der Waals surface area contributed by atoms with E-state index in [2.05, 4.69) is 0 Å². The number of aliphatic carboxylic acids is 1. The molecule has 15 heavy (non-hydrogen) atoms. The van der Waals surface area contributed by atoms with Crippen molar-refractivity contribution in [3.63, 3.8) is 0 Å². The monoisotopic (exact) mass is 228 g/mol. The molecule has 1 N–H and O–H groups in total. The van der Waals surface area contributed by atoms with Crippen LogP contribution < -0.4 is 0 Å². The average molecular weight is 228 g/mol. The number of carbonyl (C=O) groups is 2. The van der Waals surface area contributed by atoms with Crippen LogP contribution in [0.2, 0.25) is 0 Å². The topological polar surface area (TPSA) is 54.4 Å². The molecule has 1 aromatic carbocycles. The molecule has 5 heteroatoms. The summed E-state index contributed by atoms with van der Waals surface area (Å²) < 4.78 is 13.1. The summed E-state index contributed by atoms with van der Waals surface area (Å²) in [5.74, 6) is -2.85. The van der Waals surface area contributed by atoms with E-state index in [1.54, 1.807) is 6.07 Å². The highest BCUT2D eigenvalue weighted by atomic mass is 32.2. The predicted molar refractivity (Wildman–Crippen MR) is 54.1 cm³/mol. The summed E-state index contributed by atoms with van der Waals surface area (Å²) in [7, 11) is 0. The van der Waals surface area contributed by atoms with Crippen molar-refractivity contribution in [2.45, 2.75) is 11.8 Å². The van der Waals surface area contributed by atoms with E-state index in [0.29, 0.717) is 11.8 Å². The Balaban J connectivity index is 2.75. The molecule has 0 aliphatic rings. The van der Waals surface area contributed by atoms with Gasteiger partial charge in [0.25, 0.3) is 0 Å². The minimum absolute atomic E-state index is 0.149. The second kappa shape index (κ2) is 4.93. The van der Waals surface area contributed by atoms with Gasteiger partial charge in [0, 0.05) is 0 Å². The number of hydrogen-bond acceptors (Lipinski definition) is 3. The third-order valence-corrected chi connectivity index (χ3v) is 2.88. The van der Waals surface area contributed by atoms with Gasteiger partial charge in [0.1, 0.15) is 11.7 Å². The first-order valence-electron chi connectivity index (χ1n) is 4.21. The van der Waals surface area contributed by atoms with Crippen molar-refractivity contribution in [3.05, 3.63) is 30.1 Å². The lowest BCUT2D eigenvalue weighted by molar-refractivity contribution is -0.143. The van der Waals surface area contributed by atoms with Crippen molar-refractivity contribution in [1.29, 1.82) is 0 Å². The lowest BCUT2D eigenvalue weighted by Gasteiger charge is -2.04. The Bertz CT molecular complexity index is 392. The van der Waals surface area contributed by atoms with E-state index in [-0.39, 0.29) is 4.90 Å². The number of hydrogen-bond donors (Lipinski definition) is 1. The molecule has 0 aliphatic heterocycles. The zero-order chi connectivity index (χ0) is 11.4. The predicted octanol–water partition coefficient (Wildman–Crippen LogP) is 2.17. The normalized spacial score (nSPS) is 12.1. The van der Waals surface area contributed by atoms with E-state index >= 15 is 0 Å². The molecule has 0 saturated carbocycles. The van der Waals surface area contributed by atoms with E-state index in [4.69, 9.17) is 5.11 Å². The highest BCUT2D eigenvalue weighted by molar-refractivity contribution is 8.13. The number of benzene rings is 1. The molecule has 80 valence electrons. The van der Waals surface area contributed by atoms with Crippen LogP contribution in [0.3, 0.4) is 0 Å². The molecule has 0 spiro atoms. The van der Waals surface area contributed by atoms with Gasteiger partial charge in [-0.05, 0) is 30.8 Å². The minimum Gasteiger partial charge on any atom is -0.481 e. The molecule has 0 saturated heterocycles. The Morgan fingerprint density at radius 1 is 1.40 bits per heavy atom. The Labute approximate surface area is 90.3 Å². The van der Waals surface area contributed by atoms with E-state index in [0.717, 1.165) is 0 Å². The molecular weight excluding hydrogens is 219 g/mol. The average Bonchev–Trinajstić information content (AvgIpc) is 2.20. The summed E-state index contributed by atoms with van der Waals surface area (Å²) in [6.45, 7) is 1.28. The van der Waals surface area contributed by atoms with Gasteiger partial charge in [-0.2, -0.15) is 0 Å². The van der Waals surface area contributed by atoms with Crippen molar-refractivity contribution in [2.75, 3.05) is 0 Å². The molecule has 1 atom stereocenters. The molecule has 1 aromatic rings. The van der Waals surface area contributed by atoms with Gasteiger partial charge < -0.3 is 5.11 Å². The second-order valence-electron chi connectivity index (χ2n) is 2.91. The second-order valence-corrected chi connectivity index (χ2v) is 3.96. The van der Waals surface area contributed by atoms with E-state index in [1.165, 1.54) is 25.1 Å². The van der Waals surface area contributed by atoms with Crippen LogP contribution in [-0.4, -0.2) is 16.2 Å². The maximum atomic E-state index is 13.1. The molecule has 0 aliphatic carbocycles. The molecular formula is C10H9FO3S. The Hall–Kier alpha value is -1.36. The number of rotatable bonds is 3. The van der Waals surface area contributed by atoms with Gasteiger partial charge in [-0.1, -0.05) is 12.1 Å². The highest BCUT2D eigenvalue weighted by Crippen LogP contribution is 2.24. The fraction of sp³-hybridized carbons (Fsp3) is 0.200. The minimum atomic E-state index is -1.20. The molecule has 0 heterocycles. The van der Waals surface area contributed by atoms with Crippen LogP contribution in [0, 0.1) is 11.7 Å². The van der Waals surface area contributed by atoms with Gasteiger partial charge in [-0.3, -0.25) is 9.59 Å². The molecule has 0 radical (unpaired) electrons. The number of carbonyl (C=O) groups excluding carboxylic acids is 1. The van der Waals surface area contributed by atoms with Crippen LogP contribution in [0.5, 0.6) is 0 Å². The van der Waals surface area contributed by atoms with Crippen molar-refractivity contribution >= 4 is 22.8 Å². The SMILES string of the molecule is CC(C(=O)O)C(=O)Sc1ccccc1F. The van der Waals surface area contributed by atoms with Crippen LogP contribution in [0.15, 0.2) is 29.2 Å². The van der Waals surface area contributed by atoms with Gasteiger partial charge in [0.15, 0.2) is 0 Å². The lowest BCUT2D eigenvalue weighted by atomic mass is 10.2. The summed E-state index contributed by atoms with van der Waals surface area (Å²) in [5.41, 5.74) is 0. The fourth-order valence-electron chi connectivity index (χ4n) is 0.825. The summed E-state index contributed by atoms with van der Waals surface area (Å²) in [4.78, 5) is 22.0. The third-order valence-electron chi connectivity index (χ3n) is 1.77. The van der Waals surface area contributed by atoms with E-state index < -0.39 is 22.8 Å². The van der Waals surface area contributed by atoms with Crippen molar-refractivity contribution in [2.24, 2.45) is 5.92 Å². The summed E-state index contributed by atoms with van der Waals surface area (Å²) in [6, 6.07) is 5.75. The highest BCUT2D eigenvalue weighted by Gasteiger charge is 2.22. The molecule has 0 aromatic heterocycles. The molecule has 1 rings (SSSR count). The quantitative estimate of drug-likeness (QED) is 0.636. The van der Waals surface area contributed by atoms with Crippen LogP contribution in [-0.2, 0) is 9.59 Å². The lowest BCUT2D eigenvalue weighted by Crippen LogP contribution is -2.17. The summed E-state index contributed by atoms with van der Waals surface area (Å²) in [6.07, 6.45) is 0. The van der Waals surface area contributed by atoms with Crippen molar-refractivity contribution < 1.29 is 19.1 Å². The molecule has 0 fully saturated rings. The van der Waals surface area contributed by atoms with Crippen molar-refractivity contribution in [3.8, 4) is 0 Å². The van der Waals surface area contributed by atoms with Gasteiger partial charge in [0.2, 0.25) is 5.12 Å². The van der Waals surface area contributed by atoms with E-state index in [9.17, 15) is 14.0 Å². The van der Waals surface area contributed by atoms with Gasteiger partial charge in [-0.15, -0.1) is 0 Å². The number of carboxylic acids is 1. The van der Waals surface area contributed by atoms with Gasteiger partial charge in [-0.25, -0.2) is 4.39 Å². The fourth-order valence-corrected chi connectivity index (χ4v) is 1.63. The Kier molecular flexibility index (Phi) is 3.85. The zero-order valence-electron chi connectivity index (χ0n) is 7.94. The van der Waals surface area contributed by atoms with Crippen molar-refractivity contribution in [1.82, 2.24) is 0 Å². The van der Waals surface area contributed by atoms with Crippen LogP contribution >= 0.6 is 11.8 Å². The number of halogens is 1. The first kappa shape index (κ1) is 11.7. The smallest absolute Gasteiger partial charge is 0.314 e. The van der Waals surface area contributed by atoms with Gasteiger partial charge >= 0.3 is 5.97 Å².